The second-order valence-electron chi connectivity index (χ2n) is 15.6. The summed E-state index contributed by atoms with van der Waals surface area (Å²) in [6.45, 7) is 31.2. The zero-order valence-electron chi connectivity index (χ0n) is 30.5. The summed E-state index contributed by atoms with van der Waals surface area (Å²) in [5, 5.41) is 6.58. The van der Waals surface area contributed by atoms with Gasteiger partial charge >= 0.3 is 11.9 Å². The van der Waals surface area contributed by atoms with Gasteiger partial charge in [0.1, 0.15) is 0 Å². The van der Waals surface area contributed by atoms with Crippen molar-refractivity contribution in [3.63, 3.8) is 0 Å². The Kier molecular flexibility index (Phi) is 18.6. The molecule has 0 radical (unpaired) electrons. The lowest BCUT2D eigenvalue weighted by atomic mass is 9.59. The molecule has 0 saturated heterocycles. The molecule has 0 aliphatic heterocycles. The van der Waals surface area contributed by atoms with E-state index in [0.717, 1.165) is 64.8 Å². The predicted octanol–water partition coefficient (Wildman–Crippen LogP) is 6.22. The predicted molar refractivity (Wildman–Crippen MR) is 182 cm³/mol. The molecular formula is C35H69N5O4. The number of carbonyl (C=O) groups is 2. The fraction of sp³-hybridized carbons (Fsp3) is 0.857. The Bertz CT molecular complexity index is 917. The fourth-order valence-electron chi connectivity index (χ4n) is 4.57. The Labute approximate surface area is 270 Å². The van der Waals surface area contributed by atoms with Gasteiger partial charge in [-0.1, -0.05) is 62.3 Å². The van der Waals surface area contributed by atoms with Crippen molar-refractivity contribution in [3.05, 3.63) is 18.7 Å². The summed E-state index contributed by atoms with van der Waals surface area (Å²) < 4.78 is 13.1. The standard InChI is InChI=1S/C18H38N2O2.C17H31N3O2/c1-8-17(5,6)18(7,14-16(2,3)4)15(21)22-13-9-11-20-12-10-19;1-16(2,3)17(4,5)15(21)22-13-7-9-18-8-6-11-20-12-10-19-14-20/h20H,8-14,19H2,1-7H3;10,12,14,18H,6-9,11,13H2,1-5H3. The molecule has 1 rings (SSSR count). The number of aryl methyl sites for hydroxylation is 1. The number of nitrogens with one attached hydrogen (secondary N) is 2. The lowest BCUT2D eigenvalue weighted by Gasteiger charge is -2.45. The number of imidazole rings is 1. The fourth-order valence-corrected chi connectivity index (χ4v) is 4.57. The molecule has 258 valence electrons. The van der Waals surface area contributed by atoms with Crippen molar-refractivity contribution in [1.82, 2.24) is 20.2 Å². The monoisotopic (exact) mass is 624 g/mol. The second kappa shape index (κ2) is 19.5. The number of rotatable bonds is 19. The molecule has 1 unspecified atom stereocenters. The quantitative estimate of drug-likeness (QED) is 0.123. The third kappa shape index (κ3) is 15.3. The summed E-state index contributed by atoms with van der Waals surface area (Å²) in [6.07, 6.45) is 10.1. The van der Waals surface area contributed by atoms with Crippen molar-refractivity contribution in [1.29, 1.82) is 0 Å². The smallest absolute Gasteiger partial charge is 0.312 e. The van der Waals surface area contributed by atoms with Crippen molar-refractivity contribution in [3.8, 4) is 0 Å². The van der Waals surface area contributed by atoms with E-state index >= 15 is 0 Å². The third-order valence-electron chi connectivity index (χ3n) is 9.21. The summed E-state index contributed by atoms with van der Waals surface area (Å²) >= 11 is 0. The Morgan fingerprint density at radius 3 is 1.77 bits per heavy atom. The molecule has 9 nitrogen and oxygen atoms in total. The van der Waals surface area contributed by atoms with Crippen LogP contribution in [0.25, 0.3) is 0 Å². The highest BCUT2D eigenvalue weighted by Crippen LogP contribution is 2.49. The first-order valence-corrected chi connectivity index (χ1v) is 16.7. The summed E-state index contributed by atoms with van der Waals surface area (Å²) in [4.78, 5) is 28.9. The number of carbonyl (C=O) groups excluding carboxylic acids is 2. The van der Waals surface area contributed by atoms with Crippen LogP contribution in [-0.2, 0) is 25.6 Å². The van der Waals surface area contributed by atoms with Gasteiger partial charge in [-0.3, -0.25) is 9.59 Å². The van der Waals surface area contributed by atoms with Gasteiger partial charge in [0.15, 0.2) is 0 Å². The molecule has 1 heterocycles. The van der Waals surface area contributed by atoms with Crippen molar-refractivity contribution in [2.24, 2.45) is 32.8 Å². The van der Waals surface area contributed by atoms with E-state index < -0.39 is 10.8 Å². The lowest BCUT2D eigenvalue weighted by Crippen LogP contribution is -2.45. The molecule has 0 saturated carbocycles. The first-order chi connectivity index (χ1) is 20.2. The maximum atomic E-state index is 12.8. The number of aromatic nitrogens is 2. The van der Waals surface area contributed by atoms with E-state index in [2.05, 4.69) is 89.4 Å². The number of nitrogens with two attached hydrogens (primary N) is 1. The summed E-state index contributed by atoms with van der Waals surface area (Å²) in [5.41, 5.74) is 4.38. The van der Waals surface area contributed by atoms with E-state index in [1.165, 1.54) is 0 Å². The van der Waals surface area contributed by atoms with Crippen LogP contribution in [0, 0.1) is 27.1 Å². The average molecular weight is 624 g/mol. The minimum atomic E-state index is -0.468. The third-order valence-corrected chi connectivity index (χ3v) is 9.21. The molecule has 0 amide bonds. The van der Waals surface area contributed by atoms with Gasteiger partial charge in [0.25, 0.3) is 0 Å². The summed E-state index contributed by atoms with van der Waals surface area (Å²) in [6, 6.07) is 0. The van der Waals surface area contributed by atoms with Crippen molar-refractivity contribution in [2.75, 3.05) is 45.9 Å². The van der Waals surface area contributed by atoms with Crippen LogP contribution in [0.5, 0.6) is 0 Å². The van der Waals surface area contributed by atoms with Crippen molar-refractivity contribution < 1.29 is 19.1 Å². The molecule has 0 aliphatic carbocycles. The first kappa shape index (κ1) is 42.0. The highest BCUT2D eigenvalue weighted by molar-refractivity contribution is 5.77. The molecule has 1 atom stereocenters. The lowest BCUT2D eigenvalue weighted by molar-refractivity contribution is -0.166. The molecule has 0 bridgehead atoms. The van der Waals surface area contributed by atoms with Crippen LogP contribution in [-0.4, -0.2) is 67.4 Å². The van der Waals surface area contributed by atoms with Gasteiger partial charge in [-0.2, -0.15) is 0 Å². The molecule has 0 aromatic carbocycles. The van der Waals surface area contributed by atoms with Crippen LogP contribution in [0.4, 0.5) is 0 Å². The maximum Gasteiger partial charge on any atom is 0.312 e. The van der Waals surface area contributed by atoms with Gasteiger partial charge < -0.3 is 30.4 Å². The van der Waals surface area contributed by atoms with E-state index in [0.29, 0.717) is 19.8 Å². The first-order valence-electron chi connectivity index (χ1n) is 16.7. The van der Waals surface area contributed by atoms with Crippen LogP contribution in [0.3, 0.4) is 0 Å². The zero-order chi connectivity index (χ0) is 34.1. The van der Waals surface area contributed by atoms with Crippen LogP contribution in [0.15, 0.2) is 18.7 Å². The van der Waals surface area contributed by atoms with E-state index in [1.807, 2.05) is 26.4 Å². The molecule has 1 aromatic rings. The van der Waals surface area contributed by atoms with E-state index in [-0.39, 0.29) is 28.2 Å². The minimum absolute atomic E-state index is 0.0619. The Balaban J connectivity index is 0.000000840. The van der Waals surface area contributed by atoms with Crippen molar-refractivity contribution >= 4 is 11.9 Å². The molecular weight excluding hydrogens is 554 g/mol. The largest absolute Gasteiger partial charge is 0.465 e. The van der Waals surface area contributed by atoms with E-state index in [4.69, 9.17) is 15.2 Å². The van der Waals surface area contributed by atoms with Crippen LogP contribution in [0.2, 0.25) is 0 Å². The summed E-state index contributed by atoms with van der Waals surface area (Å²) in [5.74, 6) is -0.173. The topological polar surface area (TPSA) is 120 Å². The van der Waals surface area contributed by atoms with Gasteiger partial charge in [0, 0.05) is 32.0 Å². The van der Waals surface area contributed by atoms with Crippen molar-refractivity contribution in [2.45, 2.75) is 122 Å². The van der Waals surface area contributed by atoms with Gasteiger partial charge in [0.05, 0.1) is 30.4 Å². The summed E-state index contributed by atoms with van der Waals surface area (Å²) in [7, 11) is 0. The second-order valence-corrected chi connectivity index (χ2v) is 15.6. The molecule has 44 heavy (non-hydrogen) atoms. The molecule has 9 heteroatoms. The molecule has 0 fully saturated rings. The van der Waals surface area contributed by atoms with E-state index in [9.17, 15) is 9.59 Å². The van der Waals surface area contributed by atoms with Gasteiger partial charge in [-0.25, -0.2) is 4.98 Å². The molecule has 4 N–H and O–H groups in total. The number of nitrogens with zero attached hydrogens (tertiary/aromatic N) is 2. The van der Waals surface area contributed by atoms with Crippen LogP contribution in [0.1, 0.15) is 115 Å². The molecule has 1 aromatic heterocycles. The Morgan fingerprint density at radius 1 is 0.795 bits per heavy atom. The Morgan fingerprint density at radius 2 is 1.32 bits per heavy atom. The zero-order valence-corrected chi connectivity index (χ0v) is 30.5. The van der Waals surface area contributed by atoms with Gasteiger partial charge in [0.2, 0.25) is 0 Å². The number of esters is 2. The molecule has 0 spiro atoms. The van der Waals surface area contributed by atoms with E-state index in [1.54, 1.807) is 6.20 Å². The van der Waals surface area contributed by atoms with Gasteiger partial charge in [-0.05, 0) is 88.8 Å². The SMILES string of the molecule is CC(C)(C)C(C)(C)C(=O)OCCCNCCCn1ccnc1.CCC(C)(C)C(C)(CC(C)(C)C)C(=O)OCCCNCCN. The highest BCUT2D eigenvalue weighted by Gasteiger charge is 2.49. The van der Waals surface area contributed by atoms with Crippen LogP contribution >= 0.6 is 0 Å². The average Bonchev–Trinajstić information content (AvgIpc) is 3.44. The van der Waals surface area contributed by atoms with Gasteiger partial charge in [-0.15, -0.1) is 0 Å². The normalized spacial score (nSPS) is 13.9. The highest BCUT2D eigenvalue weighted by atomic mass is 16.5. The molecule has 0 aliphatic rings. The number of ether oxygens (including phenoxy) is 2. The minimum Gasteiger partial charge on any atom is -0.465 e. The number of hydrogen-bond acceptors (Lipinski definition) is 8. The number of hydrogen-bond donors (Lipinski definition) is 3. The Hall–Kier alpha value is -1.97. The van der Waals surface area contributed by atoms with Crippen LogP contribution < -0.4 is 16.4 Å². The maximum absolute atomic E-state index is 12.8.